The molecule has 0 atom stereocenters. The van der Waals surface area contributed by atoms with E-state index in [0.717, 1.165) is 13.1 Å². The molecule has 0 saturated carbocycles. The third-order valence-electron chi connectivity index (χ3n) is 2.42. The van der Waals surface area contributed by atoms with Gasteiger partial charge in [0.1, 0.15) is 5.60 Å². The first kappa shape index (κ1) is 13.3. The van der Waals surface area contributed by atoms with E-state index in [4.69, 9.17) is 4.74 Å². The minimum atomic E-state index is -0.451. The fraction of sp³-hybridized carbons (Fsp3) is 0.900. The van der Waals surface area contributed by atoms with E-state index in [1.165, 1.54) is 0 Å². The molecule has 0 bridgehead atoms. The van der Waals surface area contributed by atoms with Crippen LogP contribution < -0.4 is 0 Å². The van der Waals surface area contributed by atoms with Crippen molar-refractivity contribution in [2.24, 2.45) is 0 Å². The number of hydrogen-bond donors (Lipinski definition) is 0. The summed E-state index contributed by atoms with van der Waals surface area (Å²) in [7, 11) is -0.327. The largest absolute Gasteiger partial charge is 0.444 e. The van der Waals surface area contributed by atoms with E-state index in [1.54, 1.807) is 4.90 Å². The Morgan fingerprint density at radius 3 is 2.31 bits per heavy atom. The van der Waals surface area contributed by atoms with Crippen LogP contribution in [0, 0.1) is 0 Å². The number of rotatable bonds is 2. The second-order valence-electron chi connectivity index (χ2n) is 5.00. The summed E-state index contributed by atoms with van der Waals surface area (Å²) in [5.41, 5.74) is -0.451. The highest BCUT2D eigenvalue weighted by atomic mass is 19.1. The van der Waals surface area contributed by atoms with Gasteiger partial charge in [-0.25, -0.2) is 4.79 Å². The summed E-state index contributed by atoms with van der Waals surface area (Å²) in [4.78, 5) is 15.4. The van der Waals surface area contributed by atoms with Crippen LogP contribution in [0.3, 0.4) is 0 Å². The van der Waals surface area contributed by atoms with Crippen molar-refractivity contribution in [2.45, 2.75) is 26.4 Å². The quantitative estimate of drug-likeness (QED) is 0.658. The SMILES string of the molecule is CC(C)(C)OC(=O)N1CCN(CBF)CC1. The van der Waals surface area contributed by atoms with E-state index in [1.807, 2.05) is 25.7 Å². The van der Waals surface area contributed by atoms with Gasteiger partial charge in [-0.3, -0.25) is 0 Å². The van der Waals surface area contributed by atoms with Crippen molar-refractivity contribution >= 4 is 13.6 Å². The van der Waals surface area contributed by atoms with Crippen molar-refractivity contribution in [1.29, 1.82) is 0 Å². The molecule has 1 amide bonds. The van der Waals surface area contributed by atoms with E-state index >= 15 is 0 Å². The highest BCUT2D eigenvalue weighted by Crippen LogP contribution is 2.11. The fourth-order valence-corrected chi connectivity index (χ4v) is 1.60. The van der Waals surface area contributed by atoms with Gasteiger partial charge in [-0.15, -0.1) is 0 Å². The Bertz CT molecular complexity index is 237. The maximum absolute atomic E-state index is 12.1. The molecule has 0 aliphatic carbocycles. The monoisotopic (exact) mass is 230 g/mol. The Kier molecular flexibility index (Phi) is 4.59. The molecule has 92 valence electrons. The van der Waals surface area contributed by atoms with Gasteiger partial charge in [0, 0.05) is 32.6 Å². The van der Waals surface area contributed by atoms with Gasteiger partial charge in [0.2, 0.25) is 0 Å². The zero-order valence-electron chi connectivity index (χ0n) is 10.3. The number of amides is 1. The molecule has 0 aromatic rings. The summed E-state index contributed by atoms with van der Waals surface area (Å²) in [5, 5.41) is 0. The molecule has 1 saturated heterocycles. The predicted molar refractivity (Wildman–Crippen MR) is 62.5 cm³/mol. The fourth-order valence-electron chi connectivity index (χ4n) is 1.60. The lowest BCUT2D eigenvalue weighted by Crippen LogP contribution is -2.50. The van der Waals surface area contributed by atoms with Crippen molar-refractivity contribution in [1.82, 2.24) is 9.80 Å². The Balaban J connectivity index is 2.33. The van der Waals surface area contributed by atoms with Crippen molar-refractivity contribution < 1.29 is 13.8 Å². The van der Waals surface area contributed by atoms with Gasteiger partial charge >= 0.3 is 13.6 Å². The number of piperazine rings is 1. The molecule has 0 spiro atoms. The Hall–Kier alpha value is -0.775. The third kappa shape index (κ3) is 4.39. The third-order valence-corrected chi connectivity index (χ3v) is 2.42. The predicted octanol–water partition coefficient (Wildman–Crippen LogP) is 0.818. The highest BCUT2D eigenvalue weighted by molar-refractivity contribution is 6.26. The van der Waals surface area contributed by atoms with Crippen molar-refractivity contribution in [3.05, 3.63) is 0 Å². The summed E-state index contributed by atoms with van der Waals surface area (Å²) in [6.07, 6.45) is 0.190. The molecule has 0 unspecified atom stereocenters. The molecule has 6 heteroatoms. The van der Waals surface area contributed by atoms with Crippen LogP contribution in [-0.2, 0) is 4.74 Å². The molecular weight excluding hydrogens is 210 g/mol. The Morgan fingerprint density at radius 2 is 1.88 bits per heavy atom. The Morgan fingerprint density at radius 1 is 1.31 bits per heavy atom. The zero-order valence-corrected chi connectivity index (χ0v) is 10.3. The molecule has 0 N–H and O–H groups in total. The van der Waals surface area contributed by atoms with Crippen LogP contribution in [0.1, 0.15) is 20.8 Å². The van der Waals surface area contributed by atoms with Gasteiger partial charge in [0.05, 0.1) is 0 Å². The van der Waals surface area contributed by atoms with Crippen LogP contribution in [0.2, 0.25) is 0 Å². The maximum Gasteiger partial charge on any atom is 0.410 e. The van der Waals surface area contributed by atoms with Gasteiger partial charge in [-0.1, -0.05) is 0 Å². The first-order chi connectivity index (χ1) is 7.42. The van der Waals surface area contributed by atoms with Crippen LogP contribution in [0.25, 0.3) is 0 Å². The van der Waals surface area contributed by atoms with Crippen molar-refractivity contribution in [2.75, 3.05) is 32.6 Å². The molecule has 16 heavy (non-hydrogen) atoms. The lowest BCUT2D eigenvalue weighted by molar-refractivity contribution is 0.0158. The lowest BCUT2D eigenvalue weighted by atomic mass is 10.0. The summed E-state index contributed by atoms with van der Waals surface area (Å²) in [6.45, 7) is 8.24. The van der Waals surface area contributed by atoms with Crippen molar-refractivity contribution in [3.63, 3.8) is 0 Å². The maximum atomic E-state index is 12.1. The minimum Gasteiger partial charge on any atom is -0.444 e. The first-order valence-electron chi connectivity index (χ1n) is 5.68. The number of ether oxygens (including phenoxy) is 1. The molecule has 1 aliphatic rings. The van der Waals surface area contributed by atoms with E-state index in [-0.39, 0.29) is 13.6 Å². The average Bonchev–Trinajstić information content (AvgIpc) is 2.16. The van der Waals surface area contributed by atoms with Gasteiger partial charge in [0.15, 0.2) is 0 Å². The zero-order chi connectivity index (χ0) is 12.2. The van der Waals surface area contributed by atoms with Crippen LogP contribution in [0.5, 0.6) is 0 Å². The highest BCUT2D eigenvalue weighted by Gasteiger charge is 2.25. The lowest BCUT2D eigenvalue weighted by Gasteiger charge is -2.35. The molecule has 1 fully saturated rings. The number of carbonyl (C=O) groups is 1. The van der Waals surface area contributed by atoms with Crippen LogP contribution in [0.4, 0.5) is 9.11 Å². The van der Waals surface area contributed by atoms with Crippen LogP contribution in [0.15, 0.2) is 0 Å². The Labute approximate surface area is 97.0 Å². The average molecular weight is 230 g/mol. The molecule has 1 heterocycles. The normalized spacial score (nSPS) is 18.4. The summed E-state index contributed by atoms with van der Waals surface area (Å²) in [5.74, 6) is 0. The topological polar surface area (TPSA) is 32.8 Å². The molecule has 1 rings (SSSR count). The second-order valence-corrected chi connectivity index (χ2v) is 5.00. The van der Waals surface area contributed by atoms with Crippen molar-refractivity contribution in [3.8, 4) is 0 Å². The standard InChI is InChI=1S/C10H20BFN2O2/c1-10(2,3)16-9(15)14-6-4-13(5-7-14)8-11-12/h11H,4-8H2,1-3H3. The molecule has 0 aromatic heterocycles. The molecule has 1 aliphatic heterocycles. The molecule has 0 radical (unpaired) electrons. The smallest absolute Gasteiger partial charge is 0.410 e. The summed E-state index contributed by atoms with van der Waals surface area (Å²) >= 11 is 0. The van der Waals surface area contributed by atoms with Crippen LogP contribution in [-0.4, -0.2) is 61.7 Å². The van der Waals surface area contributed by atoms with Crippen LogP contribution >= 0.6 is 0 Å². The van der Waals surface area contributed by atoms with Gasteiger partial charge < -0.3 is 18.9 Å². The second kappa shape index (κ2) is 5.52. The minimum absolute atomic E-state index is 0.271. The number of nitrogens with zero attached hydrogens (tertiary/aromatic N) is 2. The summed E-state index contributed by atoms with van der Waals surface area (Å²) < 4.78 is 17.4. The van der Waals surface area contributed by atoms with E-state index < -0.39 is 5.60 Å². The number of halogens is 1. The van der Waals surface area contributed by atoms with E-state index in [2.05, 4.69) is 0 Å². The van der Waals surface area contributed by atoms with E-state index in [0.29, 0.717) is 19.5 Å². The van der Waals surface area contributed by atoms with Gasteiger partial charge in [-0.05, 0) is 20.8 Å². The number of carbonyl (C=O) groups excluding carboxylic acids is 1. The number of hydrogen-bond acceptors (Lipinski definition) is 3. The first-order valence-corrected chi connectivity index (χ1v) is 5.68. The van der Waals surface area contributed by atoms with E-state index in [9.17, 15) is 9.11 Å². The molecule has 0 aromatic carbocycles. The molecule has 4 nitrogen and oxygen atoms in total. The van der Waals surface area contributed by atoms with Gasteiger partial charge in [0.25, 0.3) is 0 Å². The summed E-state index contributed by atoms with van der Waals surface area (Å²) in [6, 6.07) is 0. The van der Waals surface area contributed by atoms with Gasteiger partial charge in [-0.2, -0.15) is 0 Å². The molecular formula is C10H20BFN2O2.